The second-order valence-electron chi connectivity index (χ2n) is 3.84. The Morgan fingerprint density at radius 1 is 1.42 bits per heavy atom. The maximum absolute atomic E-state index is 11.6. The Balaban J connectivity index is 2.81. The fourth-order valence-corrected chi connectivity index (χ4v) is 3.52. The van der Waals surface area contributed by atoms with Gasteiger partial charge in [-0.2, -0.15) is 13.1 Å². The Kier molecular flexibility index (Phi) is 5.77. The first-order valence-corrected chi connectivity index (χ1v) is 8.24. The molecule has 108 valence electrons. The molecule has 1 aromatic heterocycles. The van der Waals surface area contributed by atoms with Crippen molar-refractivity contribution in [2.75, 3.05) is 17.9 Å². The van der Waals surface area contributed by atoms with E-state index in [1.54, 1.807) is 19.9 Å². The van der Waals surface area contributed by atoms with E-state index in [-0.39, 0.29) is 6.61 Å². The van der Waals surface area contributed by atoms with Crippen molar-refractivity contribution >= 4 is 32.5 Å². The van der Waals surface area contributed by atoms with Gasteiger partial charge in [0.05, 0.1) is 6.61 Å². The average molecular weight is 306 g/mol. The van der Waals surface area contributed by atoms with E-state index in [4.69, 9.17) is 4.74 Å². The maximum Gasteiger partial charge on any atom is 0.348 e. The van der Waals surface area contributed by atoms with Gasteiger partial charge in [0, 0.05) is 6.54 Å². The number of anilines is 1. The molecule has 0 aromatic carbocycles. The van der Waals surface area contributed by atoms with Gasteiger partial charge in [-0.3, -0.25) is 4.72 Å². The van der Waals surface area contributed by atoms with Crippen LogP contribution >= 0.6 is 11.3 Å². The monoisotopic (exact) mass is 306 g/mol. The van der Waals surface area contributed by atoms with Crippen molar-refractivity contribution in [2.45, 2.75) is 27.2 Å². The quantitative estimate of drug-likeness (QED) is 0.753. The fourth-order valence-electron chi connectivity index (χ4n) is 1.34. The number of rotatable bonds is 7. The molecule has 6 nitrogen and oxygen atoms in total. The maximum atomic E-state index is 11.6. The third-order valence-electron chi connectivity index (χ3n) is 2.16. The van der Waals surface area contributed by atoms with E-state index >= 15 is 0 Å². The van der Waals surface area contributed by atoms with Gasteiger partial charge in [-0.15, -0.1) is 11.3 Å². The summed E-state index contributed by atoms with van der Waals surface area (Å²) in [5.74, 6) is -0.433. The van der Waals surface area contributed by atoms with Crippen LogP contribution in [0.15, 0.2) is 6.07 Å². The summed E-state index contributed by atoms with van der Waals surface area (Å²) < 4.78 is 33.0. The van der Waals surface area contributed by atoms with Crippen LogP contribution < -0.4 is 9.44 Å². The van der Waals surface area contributed by atoms with Crippen molar-refractivity contribution in [3.8, 4) is 0 Å². The summed E-state index contributed by atoms with van der Waals surface area (Å²) in [4.78, 5) is 12.0. The minimum absolute atomic E-state index is 0.287. The lowest BCUT2D eigenvalue weighted by molar-refractivity contribution is 0.0531. The number of carbonyl (C=O) groups excluding carboxylic acids is 1. The number of nitrogens with one attached hydrogen (secondary N) is 2. The lowest BCUT2D eigenvalue weighted by Gasteiger charge is -2.05. The zero-order valence-electron chi connectivity index (χ0n) is 11.1. The van der Waals surface area contributed by atoms with E-state index in [0.29, 0.717) is 28.4 Å². The van der Waals surface area contributed by atoms with Crippen molar-refractivity contribution < 1.29 is 17.9 Å². The zero-order chi connectivity index (χ0) is 14.5. The van der Waals surface area contributed by atoms with Crippen LogP contribution in [0.1, 0.15) is 35.5 Å². The average Bonchev–Trinajstić information content (AvgIpc) is 2.67. The van der Waals surface area contributed by atoms with Crippen LogP contribution in [0.25, 0.3) is 0 Å². The SMILES string of the molecule is CCCNS(=O)(=O)Nc1cc(C)c(C(=O)OCC)s1. The minimum Gasteiger partial charge on any atom is -0.462 e. The molecule has 1 aromatic rings. The summed E-state index contributed by atoms with van der Waals surface area (Å²) in [6.45, 7) is 5.98. The summed E-state index contributed by atoms with van der Waals surface area (Å²) in [6, 6.07) is 1.61. The molecule has 0 spiro atoms. The van der Waals surface area contributed by atoms with Crippen LogP contribution in [0.2, 0.25) is 0 Å². The highest BCUT2D eigenvalue weighted by Gasteiger charge is 2.17. The predicted octanol–water partition coefficient (Wildman–Crippen LogP) is 1.89. The van der Waals surface area contributed by atoms with Crippen LogP contribution in [-0.2, 0) is 14.9 Å². The van der Waals surface area contributed by atoms with Crippen molar-refractivity contribution in [2.24, 2.45) is 0 Å². The van der Waals surface area contributed by atoms with E-state index in [1.165, 1.54) is 0 Å². The van der Waals surface area contributed by atoms with E-state index in [1.807, 2.05) is 6.92 Å². The lowest BCUT2D eigenvalue weighted by Crippen LogP contribution is -2.30. The van der Waals surface area contributed by atoms with Gasteiger partial charge in [0.1, 0.15) is 9.88 Å². The van der Waals surface area contributed by atoms with Crippen molar-refractivity contribution in [1.29, 1.82) is 0 Å². The molecule has 0 fully saturated rings. The number of esters is 1. The molecule has 0 atom stereocenters. The first kappa shape index (κ1) is 15.9. The number of hydrogen-bond donors (Lipinski definition) is 2. The van der Waals surface area contributed by atoms with Crippen molar-refractivity contribution in [1.82, 2.24) is 4.72 Å². The summed E-state index contributed by atoms with van der Waals surface area (Å²) in [5, 5.41) is 0.393. The number of carbonyl (C=O) groups is 1. The molecule has 1 rings (SSSR count). The van der Waals surface area contributed by atoms with Gasteiger partial charge in [0.15, 0.2) is 0 Å². The van der Waals surface area contributed by atoms with Crippen LogP contribution in [-0.4, -0.2) is 27.5 Å². The summed E-state index contributed by atoms with van der Waals surface area (Å²) in [6.07, 6.45) is 0.707. The van der Waals surface area contributed by atoms with Crippen LogP contribution in [0.5, 0.6) is 0 Å². The molecule has 0 saturated carbocycles. The molecule has 0 unspecified atom stereocenters. The van der Waals surface area contributed by atoms with E-state index in [0.717, 1.165) is 11.3 Å². The molecule has 0 radical (unpaired) electrons. The Bertz CT molecular complexity index is 537. The molecule has 0 amide bonds. The molecule has 1 heterocycles. The smallest absolute Gasteiger partial charge is 0.348 e. The van der Waals surface area contributed by atoms with E-state index in [2.05, 4.69) is 9.44 Å². The van der Waals surface area contributed by atoms with Crippen molar-refractivity contribution in [3.05, 3.63) is 16.5 Å². The molecular formula is C11H18N2O4S2. The highest BCUT2D eigenvalue weighted by molar-refractivity contribution is 7.91. The Morgan fingerprint density at radius 2 is 2.11 bits per heavy atom. The third-order valence-corrected chi connectivity index (χ3v) is 4.49. The highest BCUT2D eigenvalue weighted by atomic mass is 32.2. The number of aryl methyl sites for hydroxylation is 1. The van der Waals surface area contributed by atoms with Crippen LogP contribution in [0.4, 0.5) is 5.00 Å². The van der Waals surface area contributed by atoms with E-state index in [9.17, 15) is 13.2 Å². The Hall–Kier alpha value is -1.12. The standard InChI is InChI=1S/C11H18N2O4S2/c1-4-6-12-19(15,16)13-9-7-8(3)10(18-9)11(14)17-5-2/h7,12-13H,4-6H2,1-3H3. The third kappa shape index (κ3) is 4.81. The molecule has 0 aliphatic heterocycles. The molecule has 0 aliphatic rings. The van der Waals surface area contributed by atoms with E-state index < -0.39 is 16.2 Å². The topological polar surface area (TPSA) is 84.5 Å². The Morgan fingerprint density at radius 3 is 2.68 bits per heavy atom. The Labute approximate surface area is 117 Å². The molecular weight excluding hydrogens is 288 g/mol. The van der Waals surface area contributed by atoms with Gasteiger partial charge in [-0.25, -0.2) is 4.79 Å². The van der Waals surface area contributed by atoms with Gasteiger partial charge in [-0.1, -0.05) is 6.92 Å². The fraction of sp³-hybridized carbons (Fsp3) is 0.545. The largest absolute Gasteiger partial charge is 0.462 e. The van der Waals surface area contributed by atoms with Gasteiger partial charge < -0.3 is 4.74 Å². The summed E-state index contributed by atoms with van der Waals surface area (Å²) in [5.41, 5.74) is 0.691. The molecule has 0 aliphatic carbocycles. The second-order valence-corrected chi connectivity index (χ2v) is 6.39. The molecule has 19 heavy (non-hydrogen) atoms. The second kappa shape index (κ2) is 6.88. The predicted molar refractivity (Wildman–Crippen MR) is 75.8 cm³/mol. The molecule has 0 saturated heterocycles. The molecule has 0 bridgehead atoms. The van der Waals surface area contributed by atoms with Crippen molar-refractivity contribution in [3.63, 3.8) is 0 Å². The number of ether oxygens (including phenoxy) is 1. The minimum atomic E-state index is -3.58. The molecule has 2 N–H and O–H groups in total. The number of hydrogen-bond acceptors (Lipinski definition) is 5. The number of thiophene rings is 1. The molecule has 8 heteroatoms. The first-order valence-electron chi connectivity index (χ1n) is 5.94. The lowest BCUT2D eigenvalue weighted by atomic mass is 10.3. The van der Waals surface area contributed by atoms with Gasteiger partial charge in [-0.05, 0) is 31.9 Å². The van der Waals surface area contributed by atoms with Gasteiger partial charge in [0.25, 0.3) is 10.2 Å². The summed E-state index contributed by atoms with van der Waals surface area (Å²) >= 11 is 1.06. The summed E-state index contributed by atoms with van der Waals surface area (Å²) in [7, 11) is -3.58. The zero-order valence-corrected chi connectivity index (χ0v) is 12.8. The van der Waals surface area contributed by atoms with Crippen LogP contribution in [0.3, 0.4) is 0 Å². The van der Waals surface area contributed by atoms with Gasteiger partial charge in [0.2, 0.25) is 0 Å². The first-order chi connectivity index (χ1) is 8.89. The highest BCUT2D eigenvalue weighted by Crippen LogP contribution is 2.27. The van der Waals surface area contributed by atoms with Gasteiger partial charge >= 0.3 is 5.97 Å². The normalized spacial score (nSPS) is 11.3. The van der Waals surface area contributed by atoms with Crippen LogP contribution in [0, 0.1) is 6.92 Å².